The van der Waals surface area contributed by atoms with Gasteiger partial charge >= 0.3 is 0 Å². The molecule has 0 aliphatic carbocycles. The Hall–Kier alpha value is -1.42. The lowest BCUT2D eigenvalue weighted by atomic mass is 9.78. The summed E-state index contributed by atoms with van der Waals surface area (Å²) in [5.74, 6) is 0.258. The van der Waals surface area contributed by atoms with E-state index >= 15 is 0 Å². The molecule has 0 bridgehead atoms. The minimum atomic E-state index is 0.140. The van der Waals surface area contributed by atoms with Crippen molar-refractivity contribution in [2.24, 2.45) is 0 Å². The quantitative estimate of drug-likeness (QED) is 0.843. The molecule has 1 aromatic rings. The standard InChI is InChI=1S/C18H27N3O/c1-15-6-5-7-17(19-15)14-20-12-9-18(10-13-20)8-3-4-11-21(18)16(2)22/h5-7H,3-4,8-14H2,1-2H3. The van der Waals surface area contributed by atoms with Crippen LogP contribution < -0.4 is 0 Å². The highest BCUT2D eigenvalue weighted by molar-refractivity contribution is 5.74. The SMILES string of the molecule is CC(=O)N1CCCCC12CCN(Cc1cccc(C)n1)CC2. The van der Waals surface area contributed by atoms with Gasteiger partial charge in [-0.3, -0.25) is 14.7 Å². The molecule has 0 atom stereocenters. The second kappa shape index (κ2) is 6.37. The van der Waals surface area contributed by atoms with E-state index in [2.05, 4.69) is 26.9 Å². The van der Waals surface area contributed by atoms with E-state index in [0.29, 0.717) is 0 Å². The van der Waals surface area contributed by atoms with Gasteiger partial charge in [0.1, 0.15) is 0 Å². The zero-order valence-corrected chi connectivity index (χ0v) is 13.8. The van der Waals surface area contributed by atoms with Crippen LogP contribution in [0.4, 0.5) is 0 Å². The number of rotatable bonds is 2. The molecular formula is C18H27N3O. The van der Waals surface area contributed by atoms with Crippen LogP contribution in [0, 0.1) is 6.92 Å². The number of nitrogens with zero attached hydrogens (tertiary/aromatic N) is 3. The predicted octanol–water partition coefficient (Wildman–Crippen LogP) is 2.76. The second-order valence-corrected chi connectivity index (χ2v) is 6.90. The number of amides is 1. The molecule has 22 heavy (non-hydrogen) atoms. The van der Waals surface area contributed by atoms with Crippen molar-refractivity contribution >= 4 is 5.91 Å². The Morgan fingerprint density at radius 2 is 1.95 bits per heavy atom. The Bertz CT molecular complexity index is 535. The number of hydrogen-bond acceptors (Lipinski definition) is 3. The average molecular weight is 301 g/mol. The van der Waals surface area contributed by atoms with Crippen LogP contribution in [-0.4, -0.2) is 45.9 Å². The van der Waals surface area contributed by atoms with Crippen molar-refractivity contribution in [1.82, 2.24) is 14.8 Å². The van der Waals surface area contributed by atoms with Gasteiger partial charge in [0.05, 0.1) is 5.69 Å². The molecule has 0 saturated carbocycles. The molecule has 120 valence electrons. The first-order valence-corrected chi connectivity index (χ1v) is 8.52. The van der Waals surface area contributed by atoms with Gasteiger partial charge in [-0.25, -0.2) is 0 Å². The lowest BCUT2D eigenvalue weighted by Crippen LogP contribution is -2.58. The van der Waals surface area contributed by atoms with Crippen LogP contribution in [0.3, 0.4) is 0 Å². The van der Waals surface area contributed by atoms with Crippen molar-refractivity contribution in [3.63, 3.8) is 0 Å². The third kappa shape index (κ3) is 3.17. The number of pyridine rings is 1. The first-order chi connectivity index (χ1) is 10.6. The molecule has 0 unspecified atom stereocenters. The minimum Gasteiger partial charge on any atom is -0.337 e. The fraction of sp³-hybridized carbons (Fsp3) is 0.667. The largest absolute Gasteiger partial charge is 0.337 e. The van der Waals surface area contributed by atoms with Crippen LogP contribution in [-0.2, 0) is 11.3 Å². The van der Waals surface area contributed by atoms with E-state index < -0.39 is 0 Å². The molecular weight excluding hydrogens is 274 g/mol. The van der Waals surface area contributed by atoms with Gasteiger partial charge in [-0.2, -0.15) is 0 Å². The van der Waals surface area contributed by atoms with Crippen molar-refractivity contribution in [1.29, 1.82) is 0 Å². The Balaban J connectivity index is 1.63. The van der Waals surface area contributed by atoms with Crippen LogP contribution >= 0.6 is 0 Å². The van der Waals surface area contributed by atoms with Crippen molar-refractivity contribution < 1.29 is 4.79 Å². The summed E-state index contributed by atoms with van der Waals surface area (Å²) in [4.78, 5) is 21.2. The van der Waals surface area contributed by atoms with Gasteiger partial charge in [-0.1, -0.05) is 6.07 Å². The Morgan fingerprint density at radius 3 is 2.64 bits per heavy atom. The number of hydrogen-bond donors (Lipinski definition) is 0. The highest BCUT2D eigenvalue weighted by atomic mass is 16.2. The number of carbonyl (C=O) groups is 1. The topological polar surface area (TPSA) is 36.4 Å². The number of aryl methyl sites for hydroxylation is 1. The lowest BCUT2D eigenvalue weighted by Gasteiger charge is -2.51. The van der Waals surface area contributed by atoms with Gasteiger partial charge in [0.15, 0.2) is 0 Å². The van der Waals surface area contributed by atoms with E-state index in [0.717, 1.165) is 56.8 Å². The fourth-order valence-corrected chi connectivity index (χ4v) is 4.15. The van der Waals surface area contributed by atoms with Gasteiger partial charge in [-0.05, 0) is 51.2 Å². The van der Waals surface area contributed by atoms with E-state index in [-0.39, 0.29) is 11.4 Å². The zero-order chi connectivity index (χ0) is 15.6. The molecule has 1 spiro atoms. The van der Waals surface area contributed by atoms with Gasteiger partial charge in [0.2, 0.25) is 5.91 Å². The molecule has 2 saturated heterocycles. The summed E-state index contributed by atoms with van der Waals surface area (Å²) < 4.78 is 0. The molecule has 1 aromatic heterocycles. The third-order valence-electron chi connectivity index (χ3n) is 5.34. The van der Waals surface area contributed by atoms with Crippen LogP contribution in [0.1, 0.15) is 50.4 Å². The van der Waals surface area contributed by atoms with E-state index in [9.17, 15) is 4.79 Å². The number of piperidine rings is 2. The van der Waals surface area contributed by atoms with Crippen molar-refractivity contribution in [2.45, 2.75) is 58.0 Å². The highest BCUT2D eigenvalue weighted by Gasteiger charge is 2.42. The first-order valence-electron chi connectivity index (χ1n) is 8.52. The smallest absolute Gasteiger partial charge is 0.219 e. The minimum absolute atomic E-state index is 0.140. The van der Waals surface area contributed by atoms with Crippen molar-refractivity contribution in [2.75, 3.05) is 19.6 Å². The zero-order valence-electron chi connectivity index (χ0n) is 13.8. The number of aromatic nitrogens is 1. The molecule has 2 fully saturated rings. The maximum Gasteiger partial charge on any atom is 0.219 e. The van der Waals surface area contributed by atoms with E-state index in [1.54, 1.807) is 6.92 Å². The molecule has 2 aliphatic rings. The van der Waals surface area contributed by atoms with Crippen LogP contribution in [0.2, 0.25) is 0 Å². The molecule has 2 aliphatic heterocycles. The van der Waals surface area contributed by atoms with E-state index in [4.69, 9.17) is 0 Å². The monoisotopic (exact) mass is 301 g/mol. The summed E-state index contributed by atoms with van der Waals surface area (Å²) >= 11 is 0. The molecule has 4 heteroatoms. The van der Waals surface area contributed by atoms with Crippen LogP contribution in [0.5, 0.6) is 0 Å². The Labute approximate surface area is 133 Å². The third-order valence-corrected chi connectivity index (χ3v) is 5.34. The summed E-state index contributed by atoms with van der Waals surface area (Å²) in [6.45, 7) is 7.79. The van der Waals surface area contributed by atoms with Gasteiger partial charge in [0.25, 0.3) is 0 Å². The van der Waals surface area contributed by atoms with Gasteiger partial charge in [-0.15, -0.1) is 0 Å². The summed E-state index contributed by atoms with van der Waals surface area (Å²) in [5, 5.41) is 0. The van der Waals surface area contributed by atoms with Crippen LogP contribution in [0.15, 0.2) is 18.2 Å². The Kier molecular flexibility index (Phi) is 4.48. The molecule has 3 rings (SSSR count). The van der Waals surface area contributed by atoms with Crippen molar-refractivity contribution in [3.05, 3.63) is 29.6 Å². The maximum atomic E-state index is 12.0. The summed E-state index contributed by atoms with van der Waals surface area (Å²) in [6.07, 6.45) is 5.83. The maximum absolute atomic E-state index is 12.0. The lowest BCUT2D eigenvalue weighted by molar-refractivity contribution is -0.140. The first kappa shape index (κ1) is 15.5. The number of carbonyl (C=O) groups excluding carboxylic acids is 1. The average Bonchev–Trinajstić information content (AvgIpc) is 2.50. The number of likely N-dealkylation sites (tertiary alicyclic amines) is 2. The predicted molar refractivity (Wildman–Crippen MR) is 87.5 cm³/mol. The summed E-state index contributed by atoms with van der Waals surface area (Å²) in [7, 11) is 0. The molecule has 0 radical (unpaired) electrons. The highest BCUT2D eigenvalue weighted by Crippen LogP contribution is 2.37. The van der Waals surface area contributed by atoms with E-state index in [1.165, 1.54) is 12.8 Å². The van der Waals surface area contributed by atoms with Gasteiger partial charge < -0.3 is 4.90 Å². The molecule has 4 nitrogen and oxygen atoms in total. The molecule has 0 aromatic carbocycles. The van der Waals surface area contributed by atoms with E-state index in [1.807, 2.05) is 13.0 Å². The normalized spacial score (nSPS) is 22.0. The summed E-state index contributed by atoms with van der Waals surface area (Å²) in [6, 6.07) is 6.24. The molecule has 3 heterocycles. The second-order valence-electron chi connectivity index (χ2n) is 6.90. The molecule has 0 N–H and O–H groups in total. The summed E-state index contributed by atoms with van der Waals surface area (Å²) in [5.41, 5.74) is 2.38. The van der Waals surface area contributed by atoms with Crippen molar-refractivity contribution in [3.8, 4) is 0 Å². The fourth-order valence-electron chi connectivity index (χ4n) is 4.15. The molecule has 1 amide bonds. The van der Waals surface area contributed by atoms with Crippen LogP contribution in [0.25, 0.3) is 0 Å². The Morgan fingerprint density at radius 1 is 1.18 bits per heavy atom. The van der Waals surface area contributed by atoms with Gasteiger partial charge in [0, 0.05) is 44.3 Å².